The molecule has 0 bridgehead atoms. The summed E-state index contributed by atoms with van der Waals surface area (Å²) in [5.41, 5.74) is 5.89. The number of aromatic carboxylic acids is 1. The van der Waals surface area contributed by atoms with Gasteiger partial charge in [-0.25, -0.2) is 4.79 Å². The van der Waals surface area contributed by atoms with Crippen LogP contribution in [-0.4, -0.2) is 41.1 Å². The molecule has 1 aromatic rings. The molecule has 0 aromatic heterocycles. The van der Waals surface area contributed by atoms with Crippen molar-refractivity contribution in [2.75, 3.05) is 18.9 Å². The lowest BCUT2D eigenvalue weighted by Crippen LogP contribution is -2.36. The summed E-state index contributed by atoms with van der Waals surface area (Å²) in [5.74, 6) is -1.22. The van der Waals surface area contributed by atoms with Gasteiger partial charge in [-0.2, -0.15) is 0 Å². The third-order valence-corrected chi connectivity index (χ3v) is 3.26. The lowest BCUT2D eigenvalue weighted by Gasteiger charge is -2.21. The van der Waals surface area contributed by atoms with Crippen molar-refractivity contribution in [3.05, 3.63) is 23.8 Å². The molecule has 20 heavy (non-hydrogen) atoms. The maximum atomic E-state index is 12.0. The number of carboxylic acids is 1. The molecule has 0 radical (unpaired) electrons. The maximum absolute atomic E-state index is 12.0. The van der Waals surface area contributed by atoms with Gasteiger partial charge in [0.05, 0.1) is 5.69 Å². The van der Waals surface area contributed by atoms with Crippen molar-refractivity contribution in [1.29, 1.82) is 0 Å². The molecule has 1 fully saturated rings. The molecule has 1 saturated carbocycles. The Bertz CT molecular complexity index is 526. The summed E-state index contributed by atoms with van der Waals surface area (Å²) in [4.78, 5) is 24.9. The molecule has 6 nitrogen and oxygen atoms in total. The molecule has 0 unspecified atom stereocenters. The van der Waals surface area contributed by atoms with E-state index in [1.165, 1.54) is 12.1 Å². The van der Waals surface area contributed by atoms with Crippen molar-refractivity contribution >= 4 is 17.6 Å². The third kappa shape index (κ3) is 3.01. The molecule has 0 aliphatic heterocycles. The highest BCUT2D eigenvalue weighted by molar-refractivity contribution is 5.93. The van der Waals surface area contributed by atoms with E-state index in [9.17, 15) is 9.59 Å². The van der Waals surface area contributed by atoms with Crippen LogP contribution in [0.25, 0.3) is 0 Å². The Morgan fingerprint density at radius 2 is 2.15 bits per heavy atom. The highest BCUT2D eigenvalue weighted by atomic mass is 16.5. The fraction of sp³-hybridized carbons (Fsp3) is 0.429. The molecule has 1 aliphatic rings. The molecule has 1 amide bonds. The Morgan fingerprint density at radius 1 is 1.45 bits per heavy atom. The Hall–Kier alpha value is -2.24. The number of carbonyl (C=O) groups excluding carboxylic acids is 1. The van der Waals surface area contributed by atoms with Crippen molar-refractivity contribution < 1.29 is 19.4 Å². The molecule has 2 rings (SSSR count). The number of hydrogen-bond acceptors (Lipinski definition) is 4. The quantitative estimate of drug-likeness (QED) is 0.766. The van der Waals surface area contributed by atoms with Crippen LogP contribution in [0.1, 0.15) is 30.1 Å². The van der Waals surface area contributed by atoms with Crippen LogP contribution in [0.5, 0.6) is 5.75 Å². The Morgan fingerprint density at radius 3 is 2.70 bits per heavy atom. The van der Waals surface area contributed by atoms with E-state index in [1.54, 1.807) is 11.0 Å². The number of nitrogen functional groups attached to an aromatic ring is 1. The normalized spacial score (nSPS) is 13.8. The molecular weight excluding hydrogens is 260 g/mol. The summed E-state index contributed by atoms with van der Waals surface area (Å²) in [6, 6.07) is 4.79. The average molecular weight is 278 g/mol. The topological polar surface area (TPSA) is 92.9 Å². The molecule has 0 atom stereocenters. The van der Waals surface area contributed by atoms with E-state index < -0.39 is 5.97 Å². The largest absolute Gasteiger partial charge is 0.481 e. The molecule has 6 heteroatoms. The number of rotatable bonds is 6. The SMILES string of the molecule is CCN(C(=O)COc1c(N)cccc1C(=O)O)C1CC1. The Kier molecular flexibility index (Phi) is 4.12. The number of hydrogen-bond donors (Lipinski definition) is 2. The molecular formula is C14H18N2O4. The number of nitrogens with two attached hydrogens (primary N) is 1. The minimum absolute atomic E-state index is 0.0349. The second-order valence-electron chi connectivity index (χ2n) is 4.73. The van der Waals surface area contributed by atoms with Crippen LogP contribution in [0.4, 0.5) is 5.69 Å². The zero-order valence-electron chi connectivity index (χ0n) is 11.3. The Labute approximate surface area is 117 Å². The molecule has 1 aromatic carbocycles. The van der Waals surface area contributed by atoms with Crippen molar-refractivity contribution in [3.63, 3.8) is 0 Å². The van der Waals surface area contributed by atoms with Crippen LogP contribution in [0.15, 0.2) is 18.2 Å². The average Bonchev–Trinajstić information content (AvgIpc) is 3.22. The molecule has 1 aliphatic carbocycles. The number of likely N-dealkylation sites (N-methyl/N-ethyl adjacent to an activating group) is 1. The van der Waals surface area contributed by atoms with Gasteiger partial charge in [0, 0.05) is 12.6 Å². The zero-order valence-corrected chi connectivity index (χ0v) is 11.3. The highest BCUT2D eigenvalue weighted by Crippen LogP contribution is 2.28. The molecule has 3 N–H and O–H groups in total. The number of carbonyl (C=O) groups is 2. The molecule has 108 valence electrons. The summed E-state index contributed by atoms with van der Waals surface area (Å²) in [5, 5.41) is 9.08. The predicted octanol–water partition coefficient (Wildman–Crippen LogP) is 1.36. The van der Waals surface area contributed by atoms with Crippen molar-refractivity contribution in [2.24, 2.45) is 0 Å². The van der Waals surface area contributed by atoms with Crippen LogP contribution < -0.4 is 10.5 Å². The number of benzene rings is 1. The fourth-order valence-corrected chi connectivity index (χ4v) is 2.13. The number of anilines is 1. The van der Waals surface area contributed by atoms with Crippen LogP contribution in [0.2, 0.25) is 0 Å². The van der Waals surface area contributed by atoms with E-state index >= 15 is 0 Å². The molecule has 0 saturated heterocycles. The van der Waals surface area contributed by atoms with Crippen LogP contribution in [-0.2, 0) is 4.79 Å². The molecule has 0 heterocycles. The first-order chi connectivity index (χ1) is 9.54. The van der Waals surface area contributed by atoms with Gasteiger partial charge in [0.15, 0.2) is 12.4 Å². The van der Waals surface area contributed by atoms with Crippen LogP contribution >= 0.6 is 0 Å². The van der Waals surface area contributed by atoms with Gasteiger partial charge in [0.1, 0.15) is 5.56 Å². The van der Waals surface area contributed by atoms with Crippen molar-refractivity contribution in [1.82, 2.24) is 4.90 Å². The number of para-hydroxylation sites is 1. The second kappa shape index (κ2) is 5.81. The summed E-state index contributed by atoms with van der Waals surface area (Å²) >= 11 is 0. The van der Waals surface area contributed by atoms with Gasteiger partial charge in [0.2, 0.25) is 0 Å². The van der Waals surface area contributed by atoms with Gasteiger partial charge in [0.25, 0.3) is 5.91 Å². The van der Waals surface area contributed by atoms with Crippen molar-refractivity contribution in [2.45, 2.75) is 25.8 Å². The van der Waals surface area contributed by atoms with E-state index in [0.29, 0.717) is 12.6 Å². The Balaban J connectivity index is 2.06. The summed E-state index contributed by atoms with van der Waals surface area (Å²) in [7, 11) is 0. The second-order valence-corrected chi connectivity index (χ2v) is 4.73. The summed E-state index contributed by atoms with van der Waals surface area (Å²) < 4.78 is 5.35. The third-order valence-electron chi connectivity index (χ3n) is 3.26. The first kappa shape index (κ1) is 14.2. The standard InChI is InChI=1S/C14H18N2O4/c1-2-16(9-6-7-9)12(17)8-20-13-10(14(18)19)4-3-5-11(13)15/h3-5,9H,2,6-8,15H2,1H3,(H,18,19). The van der Waals surface area contributed by atoms with E-state index in [0.717, 1.165) is 12.8 Å². The zero-order chi connectivity index (χ0) is 14.7. The van der Waals surface area contributed by atoms with Crippen LogP contribution in [0, 0.1) is 0 Å². The van der Waals surface area contributed by atoms with E-state index in [2.05, 4.69) is 0 Å². The van der Waals surface area contributed by atoms with Gasteiger partial charge in [-0.15, -0.1) is 0 Å². The summed E-state index contributed by atoms with van der Waals surface area (Å²) in [6.45, 7) is 2.34. The van der Waals surface area contributed by atoms with Crippen molar-refractivity contribution in [3.8, 4) is 5.75 Å². The smallest absolute Gasteiger partial charge is 0.339 e. The molecule has 0 spiro atoms. The predicted molar refractivity (Wildman–Crippen MR) is 73.7 cm³/mol. The number of amides is 1. The highest BCUT2D eigenvalue weighted by Gasteiger charge is 2.31. The monoisotopic (exact) mass is 278 g/mol. The van der Waals surface area contributed by atoms with E-state index in [4.69, 9.17) is 15.6 Å². The number of ether oxygens (including phenoxy) is 1. The summed E-state index contributed by atoms with van der Waals surface area (Å²) in [6.07, 6.45) is 2.04. The van der Waals surface area contributed by atoms with Gasteiger partial charge < -0.3 is 20.5 Å². The lowest BCUT2D eigenvalue weighted by atomic mass is 10.2. The number of nitrogens with zero attached hydrogens (tertiary/aromatic N) is 1. The maximum Gasteiger partial charge on any atom is 0.339 e. The minimum atomic E-state index is -1.13. The first-order valence-corrected chi connectivity index (χ1v) is 6.58. The first-order valence-electron chi connectivity index (χ1n) is 6.58. The number of carboxylic acid groups (broad SMARTS) is 1. The van der Waals surface area contributed by atoms with Gasteiger partial charge >= 0.3 is 5.97 Å². The lowest BCUT2D eigenvalue weighted by molar-refractivity contribution is -0.133. The van der Waals surface area contributed by atoms with Gasteiger partial charge in [-0.05, 0) is 31.9 Å². The van der Waals surface area contributed by atoms with E-state index in [-0.39, 0.29) is 29.5 Å². The van der Waals surface area contributed by atoms with Gasteiger partial charge in [-0.1, -0.05) is 6.07 Å². The van der Waals surface area contributed by atoms with Gasteiger partial charge in [-0.3, -0.25) is 4.79 Å². The minimum Gasteiger partial charge on any atom is -0.481 e. The van der Waals surface area contributed by atoms with Crippen LogP contribution in [0.3, 0.4) is 0 Å². The fourth-order valence-electron chi connectivity index (χ4n) is 2.13. The van der Waals surface area contributed by atoms with E-state index in [1.807, 2.05) is 6.92 Å².